The Morgan fingerprint density at radius 2 is 1.00 bits per heavy atom. The number of hydrogen-bond donors (Lipinski definition) is 2. The van der Waals surface area contributed by atoms with Crippen molar-refractivity contribution in [2.45, 2.75) is 13.8 Å². The SMILES string of the molecule is C=C(C)C(=O)O.C=C(C)C(=O)O.O=[SH2]=O. The molecule has 2 N–H and O–H groups in total. The molecule has 15 heavy (non-hydrogen) atoms. The average molecular weight is 238 g/mol. The Morgan fingerprint density at radius 3 is 1.00 bits per heavy atom. The second kappa shape index (κ2) is 12.4. The first-order valence-electron chi connectivity index (χ1n) is 3.47. The fourth-order valence-electron chi connectivity index (χ4n) is 0. The molecule has 0 bridgehead atoms. The molecular weight excluding hydrogens is 224 g/mol. The monoisotopic (exact) mass is 238 g/mol. The molecular formula is C8H14O6S. The third-order valence-corrected chi connectivity index (χ3v) is 0.730. The number of rotatable bonds is 2. The Labute approximate surface area is 90.5 Å². The summed E-state index contributed by atoms with van der Waals surface area (Å²) in [6.45, 7) is 9.20. The smallest absolute Gasteiger partial charge is 0.330 e. The van der Waals surface area contributed by atoms with E-state index in [1.807, 2.05) is 0 Å². The van der Waals surface area contributed by atoms with Gasteiger partial charge < -0.3 is 10.2 Å². The highest BCUT2D eigenvalue weighted by atomic mass is 32.1. The zero-order chi connectivity index (χ0) is 13.0. The third kappa shape index (κ3) is 32.8. The van der Waals surface area contributed by atoms with Crippen LogP contribution in [0.2, 0.25) is 0 Å². The first kappa shape index (κ1) is 19.0. The van der Waals surface area contributed by atoms with Crippen LogP contribution >= 0.6 is 0 Å². The molecule has 0 aromatic rings. The van der Waals surface area contributed by atoms with Crippen molar-refractivity contribution in [3.05, 3.63) is 24.3 Å². The van der Waals surface area contributed by atoms with E-state index in [4.69, 9.17) is 18.6 Å². The molecule has 0 fully saturated rings. The van der Waals surface area contributed by atoms with Crippen molar-refractivity contribution >= 4 is 23.5 Å². The molecule has 7 heteroatoms. The van der Waals surface area contributed by atoms with Gasteiger partial charge in [-0.1, -0.05) is 13.2 Å². The van der Waals surface area contributed by atoms with Gasteiger partial charge in [0.2, 0.25) is 0 Å². The molecule has 6 nitrogen and oxygen atoms in total. The minimum absolute atomic E-state index is 0.176. The second-order valence-electron chi connectivity index (χ2n) is 2.25. The lowest BCUT2D eigenvalue weighted by atomic mass is 10.4. The van der Waals surface area contributed by atoms with E-state index >= 15 is 0 Å². The highest BCUT2D eigenvalue weighted by Gasteiger charge is 1.90. The molecule has 0 radical (unpaired) electrons. The molecule has 0 aromatic carbocycles. The maximum atomic E-state index is 9.60. The fourth-order valence-corrected chi connectivity index (χ4v) is 0. The van der Waals surface area contributed by atoms with Gasteiger partial charge in [0.05, 0.1) is 0 Å². The van der Waals surface area contributed by atoms with Gasteiger partial charge in [-0.15, -0.1) is 0 Å². The molecule has 0 aliphatic carbocycles. The van der Waals surface area contributed by atoms with E-state index in [1.165, 1.54) is 13.8 Å². The van der Waals surface area contributed by atoms with Crippen molar-refractivity contribution in [2.24, 2.45) is 0 Å². The van der Waals surface area contributed by atoms with Gasteiger partial charge in [-0.3, -0.25) is 0 Å². The summed E-state index contributed by atoms with van der Waals surface area (Å²) in [4.78, 5) is 19.2. The van der Waals surface area contributed by atoms with Crippen molar-refractivity contribution < 1.29 is 28.2 Å². The summed E-state index contributed by atoms with van der Waals surface area (Å²) in [6.07, 6.45) is 0. The van der Waals surface area contributed by atoms with Crippen LogP contribution in [0.5, 0.6) is 0 Å². The quantitative estimate of drug-likeness (QED) is 0.660. The van der Waals surface area contributed by atoms with E-state index in [0.717, 1.165) is 0 Å². The number of carboxylic acids is 2. The van der Waals surface area contributed by atoms with Crippen LogP contribution in [0, 0.1) is 0 Å². The lowest BCUT2D eigenvalue weighted by molar-refractivity contribution is -0.133. The minimum atomic E-state index is -1.42. The lowest BCUT2D eigenvalue weighted by Crippen LogP contribution is -1.92. The molecule has 0 spiro atoms. The van der Waals surface area contributed by atoms with Crippen LogP contribution in [0.15, 0.2) is 24.3 Å². The minimum Gasteiger partial charge on any atom is -0.478 e. The first-order valence-corrected chi connectivity index (χ1v) is 4.29. The predicted molar refractivity (Wildman–Crippen MR) is 56.6 cm³/mol. The molecule has 0 amide bonds. The zero-order valence-electron chi connectivity index (χ0n) is 8.44. The van der Waals surface area contributed by atoms with Gasteiger partial charge in [0, 0.05) is 11.1 Å². The molecule has 0 rings (SSSR count). The van der Waals surface area contributed by atoms with Gasteiger partial charge in [0.25, 0.3) is 0 Å². The summed E-state index contributed by atoms with van der Waals surface area (Å²) in [5.41, 5.74) is 0.352. The number of aliphatic carboxylic acids is 2. The second-order valence-corrected chi connectivity index (χ2v) is 2.42. The Bertz CT molecular complexity index is 240. The highest BCUT2D eigenvalue weighted by molar-refractivity contribution is 7.51. The summed E-state index contributed by atoms with van der Waals surface area (Å²) >= 11 is -1.42. The summed E-state index contributed by atoms with van der Waals surface area (Å²) < 4.78 is 16.8. The summed E-state index contributed by atoms with van der Waals surface area (Å²) in [7, 11) is 0. The summed E-state index contributed by atoms with van der Waals surface area (Å²) in [6, 6.07) is 0. The molecule has 0 saturated carbocycles. The Kier molecular flexibility index (Phi) is 15.7. The van der Waals surface area contributed by atoms with Gasteiger partial charge in [0.15, 0.2) is 0 Å². The van der Waals surface area contributed by atoms with Crippen LogP contribution in [0.4, 0.5) is 0 Å². The third-order valence-electron chi connectivity index (χ3n) is 0.730. The maximum Gasteiger partial charge on any atom is 0.330 e. The van der Waals surface area contributed by atoms with Crippen LogP contribution in [0.25, 0.3) is 0 Å². The van der Waals surface area contributed by atoms with Crippen molar-refractivity contribution in [3.8, 4) is 0 Å². The van der Waals surface area contributed by atoms with Crippen LogP contribution in [-0.4, -0.2) is 30.6 Å². The van der Waals surface area contributed by atoms with Crippen molar-refractivity contribution in [1.82, 2.24) is 0 Å². The van der Waals surface area contributed by atoms with Crippen LogP contribution in [0.3, 0.4) is 0 Å². The van der Waals surface area contributed by atoms with Gasteiger partial charge >= 0.3 is 11.9 Å². The zero-order valence-corrected chi connectivity index (χ0v) is 9.44. The summed E-state index contributed by atoms with van der Waals surface area (Å²) in [5, 5.41) is 15.8. The van der Waals surface area contributed by atoms with E-state index in [0.29, 0.717) is 0 Å². The largest absolute Gasteiger partial charge is 0.478 e. The van der Waals surface area contributed by atoms with E-state index in [-0.39, 0.29) is 11.1 Å². The van der Waals surface area contributed by atoms with Gasteiger partial charge in [-0.05, 0) is 13.8 Å². The summed E-state index contributed by atoms with van der Waals surface area (Å²) in [5.74, 6) is -1.87. The molecule has 0 heterocycles. The molecule has 0 atom stereocenters. The van der Waals surface area contributed by atoms with E-state index in [9.17, 15) is 9.59 Å². The standard InChI is InChI=1S/2C4H6O2.H2O2S/c2*1-3(2)4(5)6;1-3-2/h2*1H2,2H3,(H,5,6);3H2. The van der Waals surface area contributed by atoms with Crippen LogP contribution < -0.4 is 0 Å². The fraction of sp³-hybridized carbons (Fsp3) is 0.250. The number of carboxylic acid groups (broad SMARTS) is 2. The van der Waals surface area contributed by atoms with Gasteiger partial charge in [-0.2, -0.15) is 0 Å². The number of hydrogen-bond acceptors (Lipinski definition) is 4. The topological polar surface area (TPSA) is 109 Å². The predicted octanol–water partition coefficient (Wildman–Crippen LogP) is 0.0886. The van der Waals surface area contributed by atoms with E-state index in [1.54, 1.807) is 0 Å². The maximum absolute atomic E-state index is 9.60. The Balaban J connectivity index is -0.000000153. The molecule has 0 aliphatic rings. The van der Waals surface area contributed by atoms with Crippen molar-refractivity contribution in [1.29, 1.82) is 0 Å². The van der Waals surface area contributed by atoms with Crippen LogP contribution in [-0.2, 0) is 21.2 Å². The normalized spacial score (nSPS) is 7.07. The highest BCUT2D eigenvalue weighted by Crippen LogP contribution is 1.81. The Morgan fingerprint density at radius 1 is 0.933 bits per heavy atom. The van der Waals surface area contributed by atoms with Crippen molar-refractivity contribution in [3.63, 3.8) is 0 Å². The van der Waals surface area contributed by atoms with Crippen molar-refractivity contribution in [2.75, 3.05) is 0 Å². The van der Waals surface area contributed by atoms with Crippen LogP contribution in [0.1, 0.15) is 13.8 Å². The Hall–Kier alpha value is -1.63. The van der Waals surface area contributed by atoms with Gasteiger partial charge in [0.1, 0.15) is 11.6 Å². The van der Waals surface area contributed by atoms with E-state index < -0.39 is 23.5 Å². The molecule has 0 aliphatic heterocycles. The van der Waals surface area contributed by atoms with Gasteiger partial charge in [-0.25, -0.2) is 18.0 Å². The molecule has 0 aromatic heterocycles. The number of carbonyl (C=O) groups is 2. The molecule has 0 unspecified atom stereocenters. The average Bonchev–Trinajstić information content (AvgIpc) is 2.06. The molecule has 88 valence electrons. The van der Waals surface area contributed by atoms with E-state index in [2.05, 4.69) is 13.2 Å². The molecule has 0 saturated heterocycles. The first-order chi connectivity index (χ1) is 6.70. The lowest BCUT2D eigenvalue weighted by Gasteiger charge is -1.79.